The third-order valence-electron chi connectivity index (χ3n) is 3.14. The lowest BCUT2D eigenvalue weighted by molar-refractivity contribution is 0.0603. The predicted molar refractivity (Wildman–Crippen MR) is 97.7 cm³/mol. The molecule has 8 heteroatoms. The van der Waals surface area contributed by atoms with Crippen molar-refractivity contribution >= 4 is 18.1 Å². The van der Waals surface area contributed by atoms with Gasteiger partial charge in [-0.25, -0.2) is 14.3 Å². The van der Waals surface area contributed by atoms with Crippen molar-refractivity contribution in [2.24, 2.45) is 4.99 Å². The van der Waals surface area contributed by atoms with Crippen molar-refractivity contribution in [1.82, 2.24) is 20.0 Å². The number of rotatable bonds is 2. The van der Waals surface area contributed by atoms with Crippen LogP contribution in [0, 0.1) is 0 Å². The Bertz CT molecular complexity index is 764. The molecule has 0 bridgehead atoms. The lowest BCUT2D eigenvalue weighted by Crippen LogP contribution is -2.44. The lowest BCUT2D eigenvalue weighted by atomic mass is 10.2. The molecule has 26 heavy (non-hydrogen) atoms. The fourth-order valence-corrected chi connectivity index (χ4v) is 2.02. The smallest absolute Gasteiger partial charge is 0.437 e. The van der Waals surface area contributed by atoms with Crippen LogP contribution < -0.4 is 5.32 Å². The summed E-state index contributed by atoms with van der Waals surface area (Å²) in [4.78, 5) is 29.8. The highest BCUT2D eigenvalue weighted by Gasteiger charge is 2.19. The average molecular weight is 357 g/mol. The van der Waals surface area contributed by atoms with Gasteiger partial charge >= 0.3 is 12.1 Å². The molecule has 138 valence electrons. The molecule has 0 aliphatic rings. The van der Waals surface area contributed by atoms with Crippen LogP contribution in [0.3, 0.4) is 0 Å². The van der Waals surface area contributed by atoms with Gasteiger partial charge < -0.3 is 9.64 Å². The first-order valence-corrected chi connectivity index (χ1v) is 8.12. The van der Waals surface area contributed by atoms with Gasteiger partial charge in [-0.1, -0.05) is 30.3 Å². The monoisotopic (exact) mass is 357 g/mol. The molecule has 0 fully saturated rings. The minimum absolute atomic E-state index is 0.0332. The molecule has 2 rings (SSSR count). The van der Waals surface area contributed by atoms with E-state index in [1.807, 2.05) is 30.3 Å². The Hall–Kier alpha value is -3.16. The topological polar surface area (TPSA) is 88.8 Å². The zero-order valence-corrected chi connectivity index (χ0v) is 15.3. The summed E-state index contributed by atoms with van der Waals surface area (Å²) in [5.74, 6) is -0.0332. The Kier molecular flexibility index (Phi) is 6.11. The number of ether oxygens (including phenoxy) is 1. The second-order valence-corrected chi connectivity index (χ2v) is 6.64. The molecule has 1 aromatic carbocycles. The van der Waals surface area contributed by atoms with Crippen molar-refractivity contribution in [3.63, 3.8) is 0 Å². The van der Waals surface area contributed by atoms with Crippen LogP contribution in [0.25, 0.3) is 0 Å². The van der Waals surface area contributed by atoms with E-state index in [0.29, 0.717) is 6.54 Å². The Morgan fingerprint density at radius 1 is 1.23 bits per heavy atom. The average Bonchev–Trinajstić information content (AvgIpc) is 3.07. The van der Waals surface area contributed by atoms with Gasteiger partial charge in [0.2, 0.25) is 5.96 Å². The highest BCUT2D eigenvalue weighted by molar-refractivity contribution is 6.00. The highest BCUT2D eigenvalue weighted by Crippen LogP contribution is 2.08. The molecule has 0 saturated carbocycles. The minimum Gasteiger partial charge on any atom is -0.442 e. The van der Waals surface area contributed by atoms with E-state index in [0.717, 1.165) is 5.56 Å². The van der Waals surface area contributed by atoms with Crippen LogP contribution >= 0.6 is 0 Å². The molecule has 0 aliphatic carbocycles. The molecular formula is C18H23N5O3. The molecule has 0 atom stereocenters. The summed E-state index contributed by atoms with van der Waals surface area (Å²) in [6, 6.07) is 10.8. The van der Waals surface area contributed by atoms with Crippen molar-refractivity contribution in [3.8, 4) is 0 Å². The molecular weight excluding hydrogens is 334 g/mol. The Morgan fingerprint density at radius 2 is 1.92 bits per heavy atom. The standard InChI is InChI=1S/C18H23N5O3/c1-18(2,3)26-17(25)21-15(23-12-8-11-19-23)20-16(24)22(4)13-14-9-6-5-7-10-14/h5-12H,13H2,1-4H3,(H,20,21,24,25). The van der Waals surface area contributed by atoms with Gasteiger partial charge in [0, 0.05) is 26.0 Å². The van der Waals surface area contributed by atoms with E-state index < -0.39 is 17.7 Å². The molecule has 0 spiro atoms. The number of hydrogen-bond acceptors (Lipinski definition) is 4. The summed E-state index contributed by atoms with van der Waals surface area (Å²) in [6.07, 6.45) is 2.28. The maximum Gasteiger partial charge on any atom is 0.437 e. The number of hydrogen-bond donors (Lipinski definition) is 1. The molecule has 1 aromatic heterocycles. The van der Waals surface area contributed by atoms with Gasteiger partial charge in [0.15, 0.2) is 0 Å². The molecule has 1 N–H and O–H groups in total. The highest BCUT2D eigenvalue weighted by atomic mass is 16.6. The normalized spacial score (nSPS) is 11.8. The van der Waals surface area contributed by atoms with Gasteiger partial charge in [0.25, 0.3) is 0 Å². The summed E-state index contributed by atoms with van der Waals surface area (Å²) in [5.41, 5.74) is 0.291. The molecule has 8 nitrogen and oxygen atoms in total. The number of carbonyl (C=O) groups excluding carboxylic acids is 2. The first-order chi connectivity index (χ1) is 12.2. The van der Waals surface area contributed by atoms with Gasteiger partial charge in [-0.05, 0) is 32.4 Å². The number of aliphatic imine (C=N–C) groups is 1. The zero-order chi connectivity index (χ0) is 19.2. The first-order valence-electron chi connectivity index (χ1n) is 8.12. The van der Waals surface area contributed by atoms with Crippen LogP contribution in [0.2, 0.25) is 0 Å². The number of nitrogens with one attached hydrogen (secondary N) is 1. The van der Waals surface area contributed by atoms with Crippen LogP contribution in [-0.4, -0.2) is 45.4 Å². The molecule has 3 amide bonds. The lowest BCUT2D eigenvalue weighted by Gasteiger charge is -2.20. The van der Waals surface area contributed by atoms with Crippen molar-refractivity contribution in [2.75, 3.05) is 7.05 Å². The van der Waals surface area contributed by atoms with Crippen LogP contribution in [-0.2, 0) is 11.3 Å². The summed E-state index contributed by atoms with van der Waals surface area (Å²) < 4.78 is 6.46. The predicted octanol–water partition coefficient (Wildman–Crippen LogP) is 2.86. The largest absolute Gasteiger partial charge is 0.442 e. The van der Waals surface area contributed by atoms with E-state index >= 15 is 0 Å². The molecule has 1 heterocycles. The quantitative estimate of drug-likeness (QED) is 0.661. The maximum absolute atomic E-state index is 12.5. The molecule has 2 aromatic rings. The van der Waals surface area contributed by atoms with Crippen LogP contribution in [0.1, 0.15) is 26.3 Å². The fraction of sp³-hybridized carbons (Fsp3) is 0.333. The second-order valence-electron chi connectivity index (χ2n) is 6.64. The molecule has 0 aliphatic heterocycles. The van der Waals surface area contributed by atoms with E-state index in [2.05, 4.69) is 15.4 Å². The van der Waals surface area contributed by atoms with E-state index in [1.54, 1.807) is 40.1 Å². The third kappa shape index (κ3) is 6.04. The van der Waals surface area contributed by atoms with Gasteiger partial charge in [0.05, 0.1) is 0 Å². The Labute approximate surface area is 152 Å². The summed E-state index contributed by atoms with van der Waals surface area (Å²) in [5, 5.41) is 6.60. The number of nitrogens with zero attached hydrogens (tertiary/aromatic N) is 4. The maximum atomic E-state index is 12.5. The van der Waals surface area contributed by atoms with Gasteiger partial charge in [0.1, 0.15) is 5.60 Å². The van der Waals surface area contributed by atoms with E-state index in [9.17, 15) is 9.59 Å². The molecule has 0 saturated heterocycles. The number of aromatic nitrogens is 2. The van der Waals surface area contributed by atoms with Gasteiger partial charge in [-0.15, -0.1) is 4.99 Å². The fourth-order valence-electron chi connectivity index (χ4n) is 2.02. The summed E-state index contributed by atoms with van der Waals surface area (Å²) in [7, 11) is 1.65. The first kappa shape index (κ1) is 19.2. The minimum atomic E-state index is -0.811. The van der Waals surface area contributed by atoms with E-state index in [4.69, 9.17) is 4.74 Å². The van der Waals surface area contributed by atoms with Gasteiger partial charge in [-0.2, -0.15) is 5.10 Å². The van der Waals surface area contributed by atoms with Crippen LogP contribution in [0.15, 0.2) is 53.8 Å². The van der Waals surface area contributed by atoms with Crippen molar-refractivity contribution in [3.05, 3.63) is 54.4 Å². The number of benzene rings is 1. The van der Waals surface area contributed by atoms with Crippen molar-refractivity contribution in [1.29, 1.82) is 0 Å². The summed E-state index contributed by atoms with van der Waals surface area (Å²) in [6.45, 7) is 5.62. The number of amides is 3. The molecule has 0 radical (unpaired) electrons. The van der Waals surface area contributed by atoms with Crippen molar-refractivity contribution < 1.29 is 14.3 Å². The van der Waals surface area contributed by atoms with E-state index in [1.165, 1.54) is 15.8 Å². The third-order valence-corrected chi connectivity index (χ3v) is 3.14. The second kappa shape index (κ2) is 8.28. The Morgan fingerprint density at radius 3 is 2.50 bits per heavy atom. The SMILES string of the molecule is CN(Cc1ccccc1)C(=O)N/C(=N/C(=O)OC(C)(C)C)n1cccn1. The zero-order valence-electron chi connectivity index (χ0n) is 15.3. The van der Waals surface area contributed by atoms with Crippen molar-refractivity contribution in [2.45, 2.75) is 32.9 Å². The van der Waals surface area contributed by atoms with Crippen LogP contribution in [0.4, 0.5) is 9.59 Å². The number of carbonyl (C=O) groups is 2. The van der Waals surface area contributed by atoms with Crippen LogP contribution in [0.5, 0.6) is 0 Å². The summed E-state index contributed by atoms with van der Waals surface area (Å²) >= 11 is 0. The number of urea groups is 1. The molecule has 0 unspecified atom stereocenters. The van der Waals surface area contributed by atoms with E-state index in [-0.39, 0.29) is 5.96 Å². The Balaban J connectivity index is 2.11. The van der Waals surface area contributed by atoms with Gasteiger partial charge in [-0.3, -0.25) is 5.32 Å².